The number of hydrogen-bond donors (Lipinski definition) is 1. The van der Waals surface area contributed by atoms with Crippen molar-refractivity contribution >= 4 is 0 Å². The van der Waals surface area contributed by atoms with E-state index >= 15 is 0 Å². The number of hydrogen-bond acceptors (Lipinski definition) is 2. The summed E-state index contributed by atoms with van der Waals surface area (Å²) in [6.07, 6.45) is 3.83. The quantitative estimate of drug-likeness (QED) is 0.669. The summed E-state index contributed by atoms with van der Waals surface area (Å²) < 4.78 is 5.99. The zero-order chi connectivity index (χ0) is 9.31. The van der Waals surface area contributed by atoms with E-state index in [9.17, 15) is 0 Å². The molecule has 0 aromatic carbocycles. The van der Waals surface area contributed by atoms with Crippen LogP contribution in [0, 0.1) is 11.8 Å². The smallest absolute Gasteiger partial charge is 0.0810 e. The maximum absolute atomic E-state index is 5.99. The highest BCUT2D eigenvalue weighted by molar-refractivity contribution is 4.94. The van der Waals surface area contributed by atoms with Gasteiger partial charge in [0, 0.05) is 6.54 Å². The Labute approximate surface area is 81.0 Å². The number of piperidine rings is 1. The van der Waals surface area contributed by atoms with E-state index in [0.717, 1.165) is 25.0 Å². The van der Waals surface area contributed by atoms with Crippen LogP contribution in [0.2, 0.25) is 0 Å². The lowest BCUT2D eigenvalue weighted by Gasteiger charge is -2.33. The third-order valence-electron chi connectivity index (χ3n) is 3.61. The summed E-state index contributed by atoms with van der Waals surface area (Å²) in [5.41, 5.74) is 0.215. The van der Waals surface area contributed by atoms with Crippen LogP contribution in [0.1, 0.15) is 33.1 Å². The SMILES string of the molecule is CC(C)C1COC2(CCCNC2)C1. The molecule has 1 N–H and O–H groups in total. The van der Waals surface area contributed by atoms with Crippen molar-refractivity contribution in [3.05, 3.63) is 0 Å². The Balaban J connectivity index is 1.94. The third-order valence-corrected chi connectivity index (χ3v) is 3.61. The van der Waals surface area contributed by atoms with Crippen LogP contribution in [0.5, 0.6) is 0 Å². The van der Waals surface area contributed by atoms with Gasteiger partial charge in [-0.3, -0.25) is 0 Å². The van der Waals surface area contributed by atoms with Crippen molar-refractivity contribution < 1.29 is 4.74 Å². The van der Waals surface area contributed by atoms with Gasteiger partial charge < -0.3 is 10.1 Å². The third kappa shape index (κ3) is 1.89. The number of nitrogens with one attached hydrogen (secondary N) is 1. The molecule has 0 aromatic rings. The van der Waals surface area contributed by atoms with Crippen molar-refractivity contribution in [2.24, 2.45) is 11.8 Å². The largest absolute Gasteiger partial charge is 0.373 e. The molecule has 2 atom stereocenters. The van der Waals surface area contributed by atoms with E-state index in [-0.39, 0.29) is 5.60 Å². The fourth-order valence-electron chi connectivity index (χ4n) is 2.55. The van der Waals surface area contributed by atoms with E-state index in [1.807, 2.05) is 0 Å². The maximum atomic E-state index is 5.99. The van der Waals surface area contributed by atoms with E-state index in [1.165, 1.54) is 25.8 Å². The molecule has 2 heteroatoms. The zero-order valence-corrected chi connectivity index (χ0v) is 8.81. The average Bonchev–Trinajstić information content (AvgIpc) is 2.51. The molecule has 2 rings (SSSR count). The van der Waals surface area contributed by atoms with Gasteiger partial charge in [-0.1, -0.05) is 13.8 Å². The van der Waals surface area contributed by atoms with Gasteiger partial charge in [0.2, 0.25) is 0 Å². The molecule has 2 nitrogen and oxygen atoms in total. The highest BCUT2D eigenvalue weighted by Gasteiger charge is 2.41. The Hall–Kier alpha value is -0.0800. The highest BCUT2D eigenvalue weighted by Crippen LogP contribution is 2.38. The van der Waals surface area contributed by atoms with Crippen molar-refractivity contribution in [2.75, 3.05) is 19.7 Å². The first-order chi connectivity index (χ1) is 6.22. The van der Waals surface area contributed by atoms with E-state index < -0.39 is 0 Å². The fourth-order valence-corrected chi connectivity index (χ4v) is 2.55. The summed E-state index contributed by atoms with van der Waals surface area (Å²) >= 11 is 0. The molecule has 2 aliphatic heterocycles. The Kier molecular flexibility index (Phi) is 2.61. The van der Waals surface area contributed by atoms with Gasteiger partial charge in [0.05, 0.1) is 12.2 Å². The van der Waals surface area contributed by atoms with Gasteiger partial charge in [-0.2, -0.15) is 0 Å². The maximum Gasteiger partial charge on any atom is 0.0810 e. The summed E-state index contributed by atoms with van der Waals surface area (Å²) in [6.45, 7) is 7.86. The number of ether oxygens (including phenoxy) is 1. The molecule has 2 heterocycles. The fraction of sp³-hybridized carbons (Fsp3) is 1.00. The van der Waals surface area contributed by atoms with Gasteiger partial charge in [0.1, 0.15) is 0 Å². The van der Waals surface area contributed by atoms with E-state index in [2.05, 4.69) is 19.2 Å². The van der Waals surface area contributed by atoms with Crippen molar-refractivity contribution in [3.63, 3.8) is 0 Å². The van der Waals surface area contributed by atoms with Crippen LogP contribution in [-0.4, -0.2) is 25.3 Å². The van der Waals surface area contributed by atoms with Crippen molar-refractivity contribution in [1.29, 1.82) is 0 Å². The molecule has 0 aromatic heterocycles. The first-order valence-electron chi connectivity index (χ1n) is 5.57. The summed E-state index contributed by atoms with van der Waals surface area (Å²) in [4.78, 5) is 0. The zero-order valence-electron chi connectivity index (χ0n) is 8.81. The van der Waals surface area contributed by atoms with E-state index in [0.29, 0.717) is 0 Å². The van der Waals surface area contributed by atoms with Gasteiger partial charge >= 0.3 is 0 Å². The molecule has 2 saturated heterocycles. The predicted molar refractivity (Wildman–Crippen MR) is 53.7 cm³/mol. The van der Waals surface area contributed by atoms with Crippen molar-refractivity contribution in [2.45, 2.75) is 38.7 Å². The van der Waals surface area contributed by atoms with Crippen molar-refractivity contribution in [1.82, 2.24) is 5.32 Å². The van der Waals surface area contributed by atoms with E-state index in [4.69, 9.17) is 4.74 Å². The van der Waals surface area contributed by atoms with Gasteiger partial charge in [-0.05, 0) is 37.6 Å². The molecular formula is C11H21NO. The molecular weight excluding hydrogens is 162 g/mol. The molecule has 2 unspecified atom stereocenters. The standard InChI is InChI=1S/C11H21NO/c1-9(2)10-6-11(13-7-10)4-3-5-12-8-11/h9-10,12H,3-8H2,1-2H3. The Morgan fingerprint density at radius 2 is 2.31 bits per heavy atom. The minimum absolute atomic E-state index is 0.215. The normalized spacial score (nSPS) is 40.4. The molecule has 0 amide bonds. The summed E-state index contributed by atoms with van der Waals surface area (Å²) in [5, 5.41) is 3.45. The lowest BCUT2D eigenvalue weighted by atomic mass is 9.83. The van der Waals surface area contributed by atoms with Gasteiger partial charge in [-0.15, -0.1) is 0 Å². The monoisotopic (exact) mass is 183 g/mol. The number of rotatable bonds is 1. The van der Waals surface area contributed by atoms with Crippen LogP contribution in [0.15, 0.2) is 0 Å². The molecule has 76 valence electrons. The van der Waals surface area contributed by atoms with Crippen LogP contribution in [0.3, 0.4) is 0 Å². The van der Waals surface area contributed by atoms with Crippen LogP contribution in [0.4, 0.5) is 0 Å². The van der Waals surface area contributed by atoms with E-state index in [1.54, 1.807) is 0 Å². The molecule has 0 bridgehead atoms. The molecule has 0 radical (unpaired) electrons. The average molecular weight is 183 g/mol. The second-order valence-corrected chi connectivity index (χ2v) is 4.98. The first kappa shape index (κ1) is 9.47. The minimum Gasteiger partial charge on any atom is -0.373 e. The Morgan fingerprint density at radius 3 is 2.85 bits per heavy atom. The minimum atomic E-state index is 0.215. The Bertz CT molecular complexity index is 173. The van der Waals surface area contributed by atoms with Crippen LogP contribution >= 0.6 is 0 Å². The molecule has 2 aliphatic rings. The van der Waals surface area contributed by atoms with Gasteiger partial charge in [-0.25, -0.2) is 0 Å². The molecule has 0 saturated carbocycles. The topological polar surface area (TPSA) is 21.3 Å². The second kappa shape index (κ2) is 3.58. The summed E-state index contributed by atoms with van der Waals surface area (Å²) in [6, 6.07) is 0. The predicted octanol–water partition coefficient (Wildman–Crippen LogP) is 1.80. The van der Waals surface area contributed by atoms with Gasteiger partial charge in [0.25, 0.3) is 0 Å². The molecule has 13 heavy (non-hydrogen) atoms. The van der Waals surface area contributed by atoms with Crippen LogP contribution in [0.25, 0.3) is 0 Å². The highest BCUT2D eigenvalue weighted by atomic mass is 16.5. The van der Waals surface area contributed by atoms with Gasteiger partial charge in [0.15, 0.2) is 0 Å². The summed E-state index contributed by atoms with van der Waals surface area (Å²) in [5.74, 6) is 1.57. The van der Waals surface area contributed by atoms with Crippen LogP contribution < -0.4 is 5.32 Å². The van der Waals surface area contributed by atoms with Crippen LogP contribution in [-0.2, 0) is 4.74 Å². The van der Waals surface area contributed by atoms with Crippen molar-refractivity contribution in [3.8, 4) is 0 Å². The first-order valence-corrected chi connectivity index (χ1v) is 5.57. The lowest BCUT2D eigenvalue weighted by molar-refractivity contribution is -0.0146. The second-order valence-electron chi connectivity index (χ2n) is 4.98. The lowest BCUT2D eigenvalue weighted by Crippen LogP contribution is -2.45. The summed E-state index contributed by atoms with van der Waals surface area (Å²) in [7, 11) is 0. The molecule has 2 fully saturated rings. The molecule has 1 spiro atoms. The molecule has 0 aliphatic carbocycles. The Morgan fingerprint density at radius 1 is 1.46 bits per heavy atom.